The smallest absolute Gasteiger partial charge is 0.315 e. The molecular formula is C11H22N2O5S. The fourth-order valence-corrected chi connectivity index (χ4v) is 2.02. The quantitative estimate of drug-likeness (QED) is 0.552. The Morgan fingerprint density at radius 2 is 2.05 bits per heavy atom. The molecule has 0 heterocycles. The average molecular weight is 294 g/mol. The summed E-state index contributed by atoms with van der Waals surface area (Å²) < 4.78 is 15.8. The predicted molar refractivity (Wildman–Crippen MR) is 72.6 cm³/mol. The molecule has 19 heavy (non-hydrogen) atoms. The number of rotatable bonds is 9. The Hall–Kier alpha value is -1.15. The maximum atomic E-state index is 11.5. The highest BCUT2D eigenvalue weighted by molar-refractivity contribution is 7.84. The average Bonchev–Trinajstić information content (AvgIpc) is 2.31. The van der Waals surface area contributed by atoms with Gasteiger partial charge in [0.15, 0.2) is 0 Å². The summed E-state index contributed by atoms with van der Waals surface area (Å²) in [5.41, 5.74) is 0. The van der Waals surface area contributed by atoms with Crippen LogP contribution in [0.1, 0.15) is 19.8 Å². The molecule has 0 aliphatic carbocycles. The van der Waals surface area contributed by atoms with Crippen molar-refractivity contribution in [2.45, 2.75) is 31.9 Å². The van der Waals surface area contributed by atoms with Crippen LogP contribution in [0.3, 0.4) is 0 Å². The van der Waals surface area contributed by atoms with Gasteiger partial charge in [0.2, 0.25) is 0 Å². The maximum absolute atomic E-state index is 11.5. The minimum Gasteiger partial charge on any atom is -0.481 e. The number of hydrogen-bond acceptors (Lipinski definition) is 4. The van der Waals surface area contributed by atoms with E-state index < -0.39 is 22.9 Å². The molecule has 0 radical (unpaired) electrons. The van der Waals surface area contributed by atoms with E-state index in [1.165, 1.54) is 7.11 Å². The van der Waals surface area contributed by atoms with E-state index in [4.69, 9.17) is 9.84 Å². The highest BCUT2D eigenvalue weighted by atomic mass is 32.2. The lowest BCUT2D eigenvalue weighted by Gasteiger charge is -2.17. The second kappa shape index (κ2) is 9.74. The second-order valence-electron chi connectivity index (χ2n) is 4.28. The third-order valence-electron chi connectivity index (χ3n) is 2.44. The van der Waals surface area contributed by atoms with Gasteiger partial charge < -0.3 is 20.5 Å². The summed E-state index contributed by atoms with van der Waals surface area (Å²) in [5, 5.41) is 13.8. The van der Waals surface area contributed by atoms with Crippen molar-refractivity contribution in [2.24, 2.45) is 0 Å². The minimum absolute atomic E-state index is 0.0932. The first-order valence-corrected chi connectivity index (χ1v) is 7.66. The van der Waals surface area contributed by atoms with Gasteiger partial charge >= 0.3 is 12.0 Å². The molecule has 0 fully saturated rings. The van der Waals surface area contributed by atoms with Gasteiger partial charge in [0, 0.05) is 42.5 Å². The van der Waals surface area contributed by atoms with Crippen LogP contribution in [0.5, 0.6) is 0 Å². The Bertz CT molecular complexity index is 324. The molecule has 0 aromatic heterocycles. The zero-order valence-electron chi connectivity index (χ0n) is 11.5. The standard InChI is InChI=1S/C11H22N2O5S/c1-8(4-5-19(3)17)13-11(16)12-7-9(18-2)6-10(14)15/h8-9H,4-7H2,1-3H3,(H,14,15)(H2,12,13,16). The van der Waals surface area contributed by atoms with Crippen LogP contribution >= 0.6 is 0 Å². The highest BCUT2D eigenvalue weighted by Gasteiger charge is 2.14. The molecule has 0 spiro atoms. The molecule has 3 unspecified atom stereocenters. The lowest BCUT2D eigenvalue weighted by molar-refractivity contribution is -0.139. The number of carboxylic acid groups (broad SMARTS) is 1. The first-order valence-electron chi connectivity index (χ1n) is 5.94. The van der Waals surface area contributed by atoms with Gasteiger partial charge in [-0.2, -0.15) is 0 Å². The topological polar surface area (TPSA) is 105 Å². The molecular weight excluding hydrogens is 272 g/mol. The number of urea groups is 1. The summed E-state index contributed by atoms with van der Waals surface area (Å²) in [6.45, 7) is 1.94. The zero-order chi connectivity index (χ0) is 14.8. The SMILES string of the molecule is COC(CNC(=O)NC(C)CCS(C)=O)CC(=O)O. The fourth-order valence-electron chi connectivity index (χ4n) is 1.33. The molecule has 0 aromatic carbocycles. The third kappa shape index (κ3) is 10.5. The molecule has 0 rings (SSSR count). The van der Waals surface area contributed by atoms with Gasteiger partial charge in [0.05, 0.1) is 12.5 Å². The van der Waals surface area contributed by atoms with E-state index in [9.17, 15) is 13.8 Å². The molecule has 3 atom stereocenters. The normalized spacial score (nSPS) is 15.3. The van der Waals surface area contributed by atoms with Crippen molar-refractivity contribution in [3.63, 3.8) is 0 Å². The molecule has 0 aliphatic heterocycles. The number of carbonyl (C=O) groups excluding carboxylic acids is 1. The van der Waals surface area contributed by atoms with Gasteiger partial charge in [0.1, 0.15) is 0 Å². The van der Waals surface area contributed by atoms with Gasteiger partial charge in [-0.25, -0.2) is 4.79 Å². The van der Waals surface area contributed by atoms with E-state index in [-0.39, 0.29) is 25.0 Å². The molecule has 0 bridgehead atoms. The fraction of sp³-hybridized carbons (Fsp3) is 0.818. The van der Waals surface area contributed by atoms with Crippen LogP contribution in [0.2, 0.25) is 0 Å². The van der Waals surface area contributed by atoms with Crippen LogP contribution in [0.25, 0.3) is 0 Å². The van der Waals surface area contributed by atoms with E-state index in [2.05, 4.69) is 10.6 Å². The summed E-state index contributed by atoms with van der Waals surface area (Å²) in [6, 6.07) is -0.480. The summed E-state index contributed by atoms with van der Waals surface area (Å²) in [4.78, 5) is 22.0. The zero-order valence-corrected chi connectivity index (χ0v) is 12.3. The van der Waals surface area contributed by atoms with E-state index in [0.717, 1.165) is 0 Å². The Kier molecular flexibility index (Phi) is 9.15. The number of carbonyl (C=O) groups is 2. The van der Waals surface area contributed by atoms with Crippen LogP contribution in [-0.4, -0.2) is 59.1 Å². The molecule has 0 saturated heterocycles. The first kappa shape index (κ1) is 17.8. The third-order valence-corrected chi connectivity index (χ3v) is 3.25. The van der Waals surface area contributed by atoms with Crippen molar-refractivity contribution >= 4 is 22.8 Å². The predicted octanol–water partition coefficient (Wildman–Crippen LogP) is -0.0676. The summed E-state index contributed by atoms with van der Waals surface area (Å²) in [5.74, 6) is -0.450. The maximum Gasteiger partial charge on any atom is 0.315 e. The molecule has 112 valence electrons. The number of methoxy groups -OCH3 is 1. The lowest BCUT2D eigenvalue weighted by atomic mass is 10.2. The van der Waals surface area contributed by atoms with Crippen molar-refractivity contribution in [1.29, 1.82) is 0 Å². The Labute approximate surface area is 115 Å². The number of ether oxygens (including phenoxy) is 1. The molecule has 2 amide bonds. The number of hydrogen-bond donors (Lipinski definition) is 3. The van der Waals surface area contributed by atoms with Crippen molar-refractivity contribution in [3.8, 4) is 0 Å². The molecule has 0 saturated carbocycles. The van der Waals surface area contributed by atoms with Gasteiger partial charge in [-0.3, -0.25) is 9.00 Å². The second-order valence-corrected chi connectivity index (χ2v) is 5.83. The summed E-state index contributed by atoms with van der Waals surface area (Å²) in [6.07, 6.45) is 1.52. The molecule has 0 aliphatic rings. The van der Waals surface area contributed by atoms with Crippen molar-refractivity contribution in [1.82, 2.24) is 10.6 Å². The van der Waals surface area contributed by atoms with Crippen molar-refractivity contribution in [2.75, 3.05) is 25.7 Å². The van der Waals surface area contributed by atoms with Crippen LogP contribution < -0.4 is 10.6 Å². The minimum atomic E-state index is -0.979. The highest BCUT2D eigenvalue weighted by Crippen LogP contribution is 1.96. The monoisotopic (exact) mass is 294 g/mol. The molecule has 8 heteroatoms. The lowest BCUT2D eigenvalue weighted by Crippen LogP contribution is -2.44. The van der Waals surface area contributed by atoms with E-state index in [1.54, 1.807) is 6.26 Å². The number of carboxylic acids is 1. The van der Waals surface area contributed by atoms with E-state index in [0.29, 0.717) is 12.2 Å². The Morgan fingerprint density at radius 1 is 1.42 bits per heavy atom. The van der Waals surface area contributed by atoms with E-state index in [1.807, 2.05) is 6.92 Å². The van der Waals surface area contributed by atoms with Gasteiger partial charge in [-0.15, -0.1) is 0 Å². The Morgan fingerprint density at radius 3 is 2.53 bits per heavy atom. The number of amides is 2. The van der Waals surface area contributed by atoms with Crippen molar-refractivity contribution in [3.05, 3.63) is 0 Å². The van der Waals surface area contributed by atoms with Gasteiger partial charge in [0.25, 0.3) is 0 Å². The van der Waals surface area contributed by atoms with E-state index >= 15 is 0 Å². The van der Waals surface area contributed by atoms with Crippen molar-refractivity contribution < 1.29 is 23.6 Å². The summed E-state index contributed by atoms with van der Waals surface area (Å²) >= 11 is 0. The number of aliphatic carboxylic acids is 1. The van der Waals surface area contributed by atoms with Crippen LogP contribution in [-0.2, 0) is 20.3 Å². The summed E-state index contributed by atoms with van der Waals surface area (Å²) in [7, 11) is 0.518. The van der Waals surface area contributed by atoms with Gasteiger partial charge in [-0.1, -0.05) is 0 Å². The number of nitrogens with one attached hydrogen (secondary N) is 2. The van der Waals surface area contributed by atoms with Crippen LogP contribution in [0.15, 0.2) is 0 Å². The Balaban J connectivity index is 3.90. The van der Waals surface area contributed by atoms with Crippen LogP contribution in [0.4, 0.5) is 4.79 Å². The van der Waals surface area contributed by atoms with Crippen LogP contribution in [0, 0.1) is 0 Å². The molecule has 3 N–H and O–H groups in total. The van der Waals surface area contributed by atoms with Gasteiger partial charge in [-0.05, 0) is 13.3 Å². The largest absolute Gasteiger partial charge is 0.481 e. The first-order chi connectivity index (χ1) is 8.85. The molecule has 0 aromatic rings. The molecule has 7 nitrogen and oxygen atoms in total.